The smallest absolute Gasteiger partial charge is 0.204 e. The highest BCUT2D eigenvalue weighted by atomic mass is 16.5. The van der Waals surface area contributed by atoms with Crippen LogP contribution in [0.1, 0.15) is 0 Å². The van der Waals surface area contributed by atoms with Gasteiger partial charge in [0.1, 0.15) is 11.4 Å². The zero-order valence-corrected chi connectivity index (χ0v) is 15.4. The third-order valence-electron chi connectivity index (χ3n) is 4.25. The predicted octanol–water partition coefficient (Wildman–Crippen LogP) is 2.34. The SMILES string of the molecule is COc1cc(-c2n[nH]nc2-c2ccc(-c3nn[nH]n3)cc2)cc(OC)c1OC. The van der Waals surface area contributed by atoms with Crippen LogP contribution in [0.25, 0.3) is 33.9 Å². The van der Waals surface area contributed by atoms with Gasteiger partial charge in [-0.2, -0.15) is 20.6 Å². The molecule has 4 rings (SSSR count). The van der Waals surface area contributed by atoms with Crippen LogP contribution in [0.5, 0.6) is 17.2 Å². The van der Waals surface area contributed by atoms with E-state index < -0.39 is 0 Å². The Bertz CT molecular complexity index is 1050. The number of hydrogen-bond acceptors (Lipinski definition) is 8. The van der Waals surface area contributed by atoms with Gasteiger partial charge in [0.25, 0.3) is 0 Å². The first-order chi connectivity index (χ1) is 13.7. The van der Waals surface area contributed by atoms with Crippen LogP contribution in [0.4, 0.5) is 0 Å². The minimum atomic E-state index is 0.517. The lowest BCUT2D eigenvalue weighted by atomic mass is 10.0. The highest BCUT2D eigenvalue weighted by Gasteiger charge is 2.19. The fourth-order valence-electron chi connectivity index (χ4n) is 2.91. The van der Waals surface area contributed by atoms with Gasteiger partial charge in [-0.1, -0.05) is 24.3 Å². The number of tetrazole rings is 1. The Hall–Kier alpha value is -3.95. The maximum atomic E-state index is 5.43. The molecule has 10 heteroatoms. The van der Waals surface area contributed by atoms with Crippen molar-refractivity contribution in [2.75, 3.05) is 21.3 Å². The molecule has 0 radical (unpaired) electrons. The molecule has 0 saturated carbocycles. The summed E-state index contributed by atoms with van der Waals surface area (Å²) in [4.78, 5) is 0. The minimum Gasteiger partial charge on any atom is -0.493 e. The molecule has 0 fully saturated rings. The van der Waals surface area contributed by atoms with Crippen LogP contribution < -0.4 is 14.2 Å². The molecule has 0 saturated heterocycles. The molecule has 0 bridgehead atoms. The van der Waals surface area contributed by atoms with Crippen LogP contribution in [0.15, 0.2) is 36.4 Å². The molecule has 0 spiro atoms. The quantitative estimate of drug-likeness (QED) is 0.523. The van der Waals surface area contributed by atoms with Crippen LogP contribution in [0, 0.1) is 0 Å². The Kier molecular flexibility index (Phi) is 4.58. The van der Waals surface area contributed by atoms with Gasteiger partial charge < -0.3 is 14.2 Å². The van der Waals surface area contributed by atoms with Crippen molar-refractivity contribution < 1.29 is 14.2 Å². The molecule has 10 nitrogen and oxygen atoms in total. The van der Waals surface area contributed by atoms with Crippen LogP contribution >= 0.6 is 0 Å². The second-order valence-electron chi connectivity index (χ2n) is 5.75. The molecule has 2 N–H and O–H groups in total. The molecule has 4 aromatic rings. The van der Waals surface area contributed by atoms with E-state index in [1.165, 1.54) is 0 Å². The first kappa shape index (κ1) is 17.5. The zero-order chi connectivity index (χ0) is 19.5. The van der Waals surface area contributed by atoms with Gasteiger partial charge in [-0.15, -0.1) is 10.2 Å². The molecular formula is C18H17N7O3. The summed E-state index contributed by atoms with van der Waals surface area (Å²) in [6, 6.07) is 11.3. The molecule has 0 aliphatic rings. The third kappa shape index (κ3) is 3.00. The number of rotatable bonds is 6. The summed E-state index contributed by atoms with van der Waals surface area (Å²) in [6.45, 7) is 0. The summed E-state index contributed by atoms with van der Waals surface area (Å²) in [5.41, 5.74) is 3.85. The average Bonchev–Trinajstić information content (AvgIpc) is 3.45. The molecule has 0 atom stereocenters. The third-order valence-corrected chi connectivity index (χ3v) is 4.25. The van der Waals surface area contributed by atoms with Gasteiger partial charge in [-0.3, -0.25) is 0 Å². The van der Waals surface area contributed by atoms with E-state index in [-0.39, 0.29) is 0 Å². The van der Waals surface area contributed by atoms with E-state index in [0.717, 1.165) is 16.7 Å². The largest absolute Gasteiger partial charge is 0.493 e. The summed E-state index contributed by atoms with van der Waals surface area (Å²) in [5, 5.41) is 25.3. The second kappa shape index (κ2) is 7.35. The van der Waals surface area contributed by atoms with E-state index in [4.69, 9.17) is 14.2 Å². The summed E-state index contributed by atoms with van der Waals surface area (Å²) >= 11 is 0. The summed E-state index contributed by atoms with van der Waals surface area (Å²) in [6.07, 6.45) is 0. The molecule has 0 aliphatic heterocycles. The topological polar surface area (TPSA) is 124 Å². The van der Waals surface area contributed by atoms with Crippen molar-refractivity contribution in [2.45, 2.75) is 0 Å². The highest BCUT2D eigenvalue weighted by molar-refractivity contribution is 5.80. The normalized spacial score (nSPS) is 10.7. The Morgan fingerprint density at radius 2 is 1.29 bits per heavy atom. The van der Waals surface area contributed by atoms with E-state index in [0.29, 0.717) is 34.5 Å². The molecule has 142 valence electrons. The molecule has 2 heterocycles. The van der Waals surface area contributed by atoms with Gasteiger partial charge in [0.2, 0.25) is 11.6 Å². The van der Waals surface area contributed by atoms with Gasteiger partial charge in [0.15, 0.2) is 11.5 Å². The Morgan fingerprint density at radius 3 is 1.82 bits per heavy atom. The number of nitrogens with one attached hydrogen (secondary N) is 2. The Balaban J connectivity index is 1.76. The van der Waals surface area contributed by atoms with Crippen molar-refractivity contribution >= 4 is 0 Å². The van der Waals surface area contributed by atoms with E-state index in [2.05, 4.69) is 36.0 Å². The maximum absolute atomic E-state index is 5.43. The molecule has 0 aliphatic carbocycles. The first-order valence-corrected chi connectivity index (χ1v) is 8.30. The standard InChI is InChI=1S/C18H17N7O3/c1-26-13-8-12(9-14(27-2)17(13)28-3)16-15(19-23-20-16)10-4-6-11(7-5-10)18-21-24-25-22-18/h4-9H,1-3H3,(H,19,20,23)(H,21,22,24,25). The molecule has 0 amide bonds. The fourth-order valence-corrected chi connectivity index (χ4v) is 2.91. The number of nitrogens with zero attached hydrogens (tertiary/aromatic N) is 5. The lowest BCUT2D eigenvalue weighted by Crippen LogP contribution is -1.96. The van der Waals surface area contributed by atoms with Crippen LogP contribution in [0.2, 0.25) is 0 Å². The number of methoxy groups -OCH3 is 3. The number of benzene rings is 2. The van der Waals surface area contributed by atoms with Crippen molar-refractivity contribution in [1.29, 1.82) is 0 Å². The number of hydrogen-bond donors (Lipinski definition) is 2. The molecule has 28 heavy (non-hydrogen) atoms. The van der Waals surface area contributed by atoms with Gasteiger partial charge in [-0.05, 0) is 17.3 Å². The average molecular weight is 379 g/mol. The monoisotopic (exact) mass is 379 g/mol. The second-order valence-corrected chi connectivity index (χ2v) is 5.75. The van der Waals surface area contributed by atoms with Gasteiger partial charge in [0, 0.05) is 16.7 Å². The molecule has 0 unspecified atom stereocenters. The van der Waals surface area contributed by atoms with Crippen molar-refractivity contribution in [2.24, 2.45) is 0 Å². The van der Waals surface area contributed by atoms with Gasteiger partial charge >= 0.3 is 0 Å². The lowest BCUT2D eigenvalue weighted by Gasteiger charge is -2.13. The van der Waals surface area contributed by atoms with Gasteiger partial charge in [-0.25, -0.2) is 0 Å². The summed E-state index contributed by atoms with van der Waals surface area (Å²) in [7, 11) is 4.70. The molecule has 2 aromatic carbocycles. The van der Waals surface area contributed by atoms with Crippen molar-refractivity contribution in [3.63, 3.8) is 0 Å². The first-order valence-electron chi connectivity index (χ1n) is 8.30. The minimum absolute atomic E-state index is 0.517. The van der Waals surface area contributed by atoms with E-state index >= 15 is 0 Å². The lowest BCUT2D eigenvalue weighted by molar-refractivity contribution is 0.324. The van der Waals surface area contributed by atoms with Crippen molar-refractivity contribution in [1.82, 2.24) is 36.0 Å². The number of H-pyrrole nitrogens is 2. The maximum Gasteiger partial charge on any atom is 0.204 e. The van der Waals surface area contributed by atoms with Crippen LogP contribution in [-0.4, -0.2) is 57.4 Å². The van der Waals surface area contributed by atoms with Crippen molar-refractivity contribution in [3.05, 3.63) is 36.4 Å². The van der Waals surface area contributed by atoms with E-state index in [1.807, 2.05) is 36.4 Å². The Labute approximate surface area is 159 Å². The van der Waals surface area contributed by atoms with Crippen LogP contribution in [-0.2, 0) is 0 Å². The molecule has 2 aromatic heterocycles. The van der Waals surface area contributed by atoms with E-state index in [9.17, 15) is 0 Å². The summed E-state index contributed by atoms with van der Waals surface area (Å²) < 4.78 is 16.2. The Morgan fingerprint density at radius 1 is 0.679 bits per heavy atom. The van der Waals surface area contributed by atoms with Crippen LogP contribution in [0.3, 0.4) is 0 Å². The summed E-state index contributed by atoms with van der Waals surface area (Å²) in [5.74, 6) is 2.12. The predicted molar refractivity (Wildman–Crippen MR) is 100 cm³/mol. The number of aromatic amines is 2. The van der Waals surface area contributed by atoms with Gasteiger partial charge in [0.05, 0.1) is 21.3 Å². The van der Waals surface area contributed by atoms with E-state index in [1.54, 1.807) is 21.3 Å². The zero-order valence-electron chi connectivity index (χ0n) is 15.4. The molecular weight excluding hydrogens is 362 g/mol. The highest BCUT2D eigenvalue weighted by Crippen LogP contribution is 2.42. The number of aromatic nitrogens is 7. The number of ether oxygens (including phenoxy) is 3. The fraction of sp³-hybridized carbons (Fsp3) is 0.167. The van der Waals surface area contributed by atoms with Crippen molar-refractivity contribution in [3.8, 4) is 51.2 Å².